The van der Waals surface area contributed by atoms with Crippen LogP contribution in [0.4, 0.5) is 5.82 Å². The molecule has 4 nitrogen and oxygen atoms in total. The lowest BCUT2D eigenvalue weighted by Gasteiger charge is -2.25. The van der Waals surface area contributed by atoms with Crippen LogP contribution in [0.3, 0.4) is 0 Å². The molecule has 0 spiro atoms. The first kappa shape index (κ1) is 13.4. The molecule has 1 rings (SSSR count). The van der Waals surface area contributed by atoms with Gasteiger partial charge in [-0.3, -0.25) is 0 Å². The minimum absolute atomic E-state index is 0.960. The van der Waals surface area contributed by atoms with Crippen molar-refractivity contribution in [3.63, 3.8) is 0 Å². The summed E-state index contributed by atoms with van der Waals surface area (Å²) >= 11 is 3.49. The summed E-state index contributed by atoms with van der Waals surface area (Å²) in [5, 5.41) is 0. The van der Waals surface area contributed by atoms with Crippen molar-refractivity contribution < 1.29 is 0 Å². The Kier molecular flexibility index (Phi) is 5.69. The maximum atomic E-state index is 4.32. The van der Waals surface area contributed by atoms with Crippen LogP contribution in [0.15, 0.2) is 17.0 Å². The van der Waals surface area contributed by atoms with Crippen molar-refractivity contribution in [3.8, 4) is 0 Å². The third-order valence-electron chi connectivity index (χ3n) is 2.26. The van der Waals surface area contributed by atoms with Crippen molar-refractivity contribution in [2.45, 2.75) is 13.3 Å². The minimum atomic E-state index is 0.960. The molecule has 90 valence electrons. The second kappa shape index (κ2) is 6.81. The lowest BCUT2D eigenvalue weighted by molar-refractivity contribution is 0.412. The molecule has 0 aliphatic heterocycles. The Balaban J connectivity index is 2.73. The summed E-state index contributed by atoms with van der Waals surface area (Å²) in [5.41, 5.74) is 0. The third kappa shape index (κ3) is 4.06. The number of aromatic nitrogens is 2. The molecule has 0 saturated carbocycles. The molecule has 0 aliphatic rings. The zero-order chi connectivity index (χ0) is 12.0. The fraction of sp³-hybridized carbons (Fsp3) is 0.636. The van der Waals surface area contributed by atoms with Crippen molar-refractivity contribution in [2.75, 3.05) is 38.6 Å². The predicted molar refractivity (Wildman–Crippen MR) is 70.8 cm³/mol. The Morgan fingerprint density at radius 3 is 2.56 bits per heavy atom. The van der Waals surface area contributed by atoms with E-state index < -0.39 is 0 Å². The Hall–Kier alpha value is -0.680. The zero-order valence-electron chi connectivity index (χ0n) is 10.1. The maximum Gasteiger partial charge on any atom is 0.146 e. The van der Waals surface area contributed by atoms with Crippen molar-refractivity contribution in [1.82, 2.24) is 14.9 Å². The highest BCUT2D eigenvalue weighted by Gasteiger charge is 2.10. The van der Waals surface area contributed by atoms with Gasteiger partial charge in [-0.15, -0.1) is 0 Å². The number of halogens is 1. The summed E-state index contributed by atoms with van der Waals surface area (Å²) < 4.78 is 0.960. The van der Waals surface area contributed by atoms with E-state index in [4.69, 9.17) is 0 Å². The Bertz CT molecular complexity index is 317. The first-order valence-corrected chi connectivity index (χ1v) is 6.29. The van der Waals surface area contributed by atoms with Crippen LogP contribution >= 0.6 is 15.9 Å². The van der Waals surface area contributed by atoms with E-state index >= 15 is 0 Å². The van der Waals surface area contributed by atoms with Gasteiger partial charge in [-0.05, 0) is 36.4 Å². The van der Waals surface area contributed by atoms with Crippen LogP contribution in [-0.2, 0) is 0 Å². The topological polar surface area (TPSA) is 32.3 Å². The predicted octanol–water partition coefficient (Wildman–Crippen LogP) is 2.02. The smallest absolute Gasteiger partial charge is 0.146 e. The van der Waals surface area contributed by atoms with Crippen molar-refractivity contribution >= 4 is 21.7 Å². The first-order valence-electron chi connectivity index (χ1n) is 5.50. The molecule has 0 aromatic carbocycles. The van der Waals surface area contributed by atoms with Crippen LogP contribution in [0.2, 0.25) is 0 Å². The lowest BCUT2D eigenvalue weighted by Crippen LogP contribution is -2.33. The van der Waals surface area contributed by atoms with Crippen LogP contribution in [0, 0.1) is 0 Å². The van der Waals surface area contributed by atoms with Gasteiger partial charge in [0, 0.05) is 25.8 Å². The lowest BCUT2D eigenvalue weighted by atomic mass is 10.3. The van der Waals surface area contributed by atoms with Crippen LogP contribution in [-0.4, -0.2) is 48.6 Å². The van der Waals surface area contributed by atoms with Crippen molar-refractivity contribution in [1.29, 1.82) is 0 Å². The monoisotopic (exact) mass is 286 g/mol. The van der Waals surface area contributed by atoms with Gasteiger partial charge >= 0.3 is 0 Å². The fourth-order valence-corrected chi connectivity index (χ4v) is 1.92. The highest BCUT2D eigenvalue weighted by Crippen LogP contribution is 2.21. The SMILES string of the molecule is CCCN(CCN(C)C)c1ncncc1Br. The standard InChI is InChI=1S/C11H19BrN4/c1-4-5-16(7-6-15(2)3)11-10(12)8-13-9-14-11/h8-9H,4-7H2,1-3H3. The van der Waals surface area contributed by atoms with E-state index in [2.05, 4.69) is 56.7 Å². The molecule has 0 bridgehead atoms. The number of anilines is 1. The Morgan fingerprint density at radius 2 is 2.00 bits per heavy atom. The molecule has 1 heterocycles. The molecular weight excluding hydrogens is 268 g/mol. The second-order valence-corrected chi connectivity index (χ2v) is 4.84. The number of hydrogen-bond acceptors (Lipinski definition) is 4. The maximum absolute atomic E-state index is 4.32. The first-order chi connectivity index (χ1) is 7.65. The second-order valence-electron chi connectivity index (χ2n) is 3.98. The number of likely N-dealkylation sites (N-methyl/N-ethyl adjacent to an activating group) is 1. The van der Waals surface area contributed by atoms with Crippen molar-refractivity contribution in [2.24, 2.45) is 0 Å². The third-order valence-corrected chi connectivity index (χ3v) is 2.82. The average molecular weight is 287 g/mol. The number of nitrogens with zero attached hydrogens (tertiary/aromatic N) is 4. The van der Waals surface area contributed by atoms with Gasteiger partial charge in [0.2, 0.25) is 0 Å². The van der Waals surface area contributed by atoms with Crippen LogP contribution < -0.4 is 4.90 Å². The van der Waals surface area contributed by atoms with E-state index in [0.717, 1.165) is 36.3 Å². The average Bonchev–Trinajstić information content (AvgIpc) is 2.25. The Labute approximate surface area is 106 Å². The summed E-state index contributed by atoms with van der Waals surface area (Å²) in [6.45, 7) is 5.20. The van der Waals surface area contributed by atoms with Crippen LogP contribution in [0.25, 0.3) is 0 Å². The zero-order valence-corrected chi connectivity index (χ0v) is 11.7. The molecule has 5 heteroatoms. The van der Waals surface area contributed by atoms with Crippen LogP contribution in [0.1, 0.15) is 13.3 Å². The fourth-order valence-electron chi connectivity index (χ4n) is 1.45. The summed E-state index contributed by atoms with van der Waals surface area (Å²) in [4.78, 5) is 12.8. The molecular formula is C11H19BrN4. The highest BCUT2D eigenvalue weighted by molar-refractivity contribution is 9.10. The van der Waals surface area contributed by atoms with E-state index in [-0.39, 0.29) is 0 Å². The van der Waals surface area contributed by atoms with Crippen LogP contribution in [0.5, 0.6) is 0 Å². The van der Waals surface area contributed by atoms with Gasteiger partial charge in [-0.2, -0.15) is 0 Å². The number of rotatable bonds is 6. The van der Waals surface area contributed by atoms with E-state index in [1.54, 1.807) is 12.5 Å². The summed E-state index contributed by atoms with van der Waals surface area (Å²) in [6, 6.07) is 0. The molecule has 0 N–H and O–H groups in total. The molecule has 0 fully saturated rings. The molecule has 0 amide bonds. The molecule has 1 aromatic rings. The number of hydrogen-bond donors (Lipinski definition) is 0. The van der Waals surface area contributed by atoms with Gasteiger partial charge in [0.15, 0.2) is 0 Å². The van der Waals surface area contributed by atoms with E-state index in [1.807, 2.05) is 0 Å². The van der Waals surface area contributed by atoms with E-state index in [0.29, 0.717) is 0 Å². The molecule has 0 radical (unpaired) electrons. The van der Waals surface area contributed by atoms with Gasteiger partial charge in [0.05, 0.1) is 4.47 Å². The Morgan fingerprint density at radius 1 is 1.25 bits per heavy atom. The molecule has 0 aliphatic carbocycles. The molecule has 1 aromatic heterocycles. The summed E-state index contributed by atoms with van der Waals surface area (Å²) in [5.74, 6) is 0.985. The van der Waals surface area contributed by atoms with E-state index in [9.17, 15) is 0 Å². The quantitative estimate of drug-likeness (QED) is 0.801. The van der Waals surface area contributed by atoms with Gasteiger partial charge in [0.1, 0.15) is 12.1 Å². The van der Waals surface area contributed by atoms with Gasteiger partial charge in [-0.1, -0.05) is 6.92 Å². The highest BCUT2D eigenvalue weighted by atomic mass is 79.9. The van der Waals surface area contributed by atoms with E-state index in [1.165, 1.54) is 0 Å². The minimum Gasteiger partial charge on any atom is -0.354 e. The molecule has 0 unspecified atom stereocenters. The van der Waals surface area contributed by atoms with Gasteiger partial charge < -0.3 is 9.80 Å². The van der Waals surface area contributed by atoms with Crippen molar-refractivity contribution in [3.05, 3.63) is 17.0 Å². The summed E-state index contributed by atoms with van der Waals surface area (Å²) in [7, 11) is 4.16. The molecule has 0 atom stereocenters. The van der Waals surface area contributed by atoms with Gasteiger partial charge in [0.25, 0.3) is 0 Å². The summed E-state index contributed by atoms with van der Waals surface area (Å²) in [6.07, 6.45) is 4.50. The van der Waals surface area contributed by atoms with Gasteiger partial charge in [-0.25, -0.2) is 9.97 Å². The molecule has 0 saturated heterocycles. The normalized spacial score (nSPS) is 10.8. The molecule has 16 heavy (non-hydrogen) atoms. The largest absolute Gasteiger partial charge is 0.354 e.